The van der Waals surface area contributed by atoms with E-state index >= 15 is 0 Å². The van der Waals surface area contributed by atoms with Crippen LogP contribution >= 0.6 is 0 Å². The number of rotatable bonds is 7. The number of hydrogen-bond acceptors (Lipinski definition) is 4. The Bertz CT molecular complexity index is 296. The Morgan fingerprint density at radius 1 is 1.37 bits per heavy atom. The molecule has 1 rings (SSSR count). The van der Waals surface area contributed by atoms with Gasteiger partial charge in [0.2, 0.25) is 11.8 Å². The predicted octanol–water partition coefficient (Wildman–Crippen LogP) is -0.0974. The van der Waals surface area contributed by atoms with Gasteiger partial charge in [0.15, 0.2) is 0 Å². The molecule has 1 aliphatic rings. The molecule has 19 heavy (non-hydrogen) atoms. The third-order valence-corrected chi connectivity index (χ3v) is 3.14. The zero-order chi connectivity index (χ0) is 14.1. The number of morpholine rings is 1. The first kappa shape index (κ1) is 15.9. The van der Waals surface area contributed by atoms with E-state index in [1.807, 2.05) is 0 Å². The standard InChI is InChI=1S/C13H24N2O4/c1-11(17)14-6-4-2-3-5-13(18)15-7-8-19-12(9-15)10-16/h12,16H,2-10H2,1H3,(H,14,17). The van der Waals surface area contributed by atoms with Crippen molar-refractivity contribution in [3.05, 3.63) is 0 Å². The molecule has 0 saturated carbocycles. The van der Waals surface area contributed by atoms with Crippen LogP contribution in [0, 0.1) is 0 Å². The van der Waals surface area contributed by atoms with Gasteiger partial charge in [-0.05, 0) is 12.8 Å². The third kappa shape index (κ3) is 6.54. The molecule has 110 valence electrons. The lowest BCUT2D eigenvalue weighted by Gasteiger charge is -2.32. The Balaban J connectivity index is 2.08. The van der Waals surface area contributed by atoms with E-state index in [0.717, 1.165) is 19.3 Å². The van der Waals surface area contributed by atoms with Crippen molar-refractivity contribution >= 4 is 11.8 Å². The molecule has 1 heterocycles. The third-order valence-electron chi connectivity index (χ3n) is 3.14. The van der Waals surface area contributed by atoms with Crippen LogP contribution in [-0.4, -0.2) is 60.8 Å². The molecule has 2 amide bonds. The van der Waals surface area contributed by atoms with Crippen molar-refractivity contribution in [2.24, 2.45) is 0 Å². The van der Waals surface area contributed by atoms with Crippen molar-refractivity contribution in [2.75, 3.05) is 32.8 Å². The van der Waals surface area contributed by atoms with Crippen molar-refractivity contribution in [1.29, 1.82) is 0 Å². The predicted molar refractivity (Wildman–Crippen MR) is 70.6 cm³/mol. The van der Waals surface area contributed by atoms with Gasteiger partial charge < -0.3 is 20.1 Å². The maximum Gasteiger partial charge on any atom is 0.222 e. The summed E-state index contributed by atoms with van der Waals surface area (Å²) in [6.07, 6.45) is 2.95. The number of nitrogens with one attached hydrogen (secondary N) is 1. The van der Waals surface area contributed by atoms with Gasteiger partial charge in [0.25, 0.3) is 0 Å². The largest absolute Gasteiger partial charge is 0.394 e. The van der Waals surface area contributed by atoms with Crippen molar-refractivity contribution in [3.8, 4) is 0 Å². The summed E-state index contributed by atoms with van der Waals surface area (Å²) in [4.78, 5) is 24.3. The second-order valence-electron chi connectivity index (χ2n) is 4.81. The SMILES string of the molecule is CC(=O)NCCCCCC(=O)N1CCOC(CO)C1. The first-order chi connectivity index (χ1) is 9.13. The van der Waals surface area contributed by atoms with Gasteiger partial charge in [-0.1, -0.05) is 6.42 Å². The number of ether oxygens (including phenoxy) is 1. The van der Waals surface area contributed by atoms with Gasteiger partial charge in [0.1, 0.15) is 0 Å². The normalized spacial score (nSPS) is 19.3. The number of unbranched alkanes of at least 4 members (excludes halogenated alkanes) is 2. The van der Waals surface area contributed by atoms with Crippen LogP contribution in [0.4, 0.5) is 0 Å². The molecule has 1 aliphatic heterocycles. The average molecular weight is 272 g/mol. The molecule has 0 aromatic rings. The lowest BCUT2D eigenvalue weighted by molar-refractivity contribution is -0.140. The molecule has 6 nitrogen and oxygen atoms in total. The van der Waals surface area contributed by atoms with Gasteiger partial charge in [-0.15, -0.1) is 0 Å². The van der Waals surface area contributed by atoms with Crippen molar-refractivity contribution in [1.82, 2.24) is 10.2 Å². The van der Waals surface area contributed by atoms with Crippen LogP contribution in [0.5, 0.6) is 0 Å². The van der Waals surface area contributed by atoms with Gasteiger partial charge in [-0.2, -0.15) is 0 Å². The highest BCUT2D eigenvalue weighted by Gasteiger charge is 2.22. The number of nitrogens with zero attached hydrogens (tertiary/aromatic N) is 1. The smallest absolute Gasteiger partial charge is 0.222 e. The van der Waals surface area contributed by atoms with Crippen LogP contribution in [-0.2, 0) is 14.3 Å². The van der Waals surface area contributed by atoms with Crippen LogP contribution < -0.4 is 5.32 Å². The lowest BCUT2D eigenvalue weighted by atomic mass is 10.1. The van der Waals surface area contributed by atoms with Crippen molar-refractivity contribution < 1.29 is 19.4 Å². The minimum absolute atomic E-state index is 0.0144. The summed E-state index contributed by atoms with van der Waals surface area (Å²) >= 11 is 0. The molecule has 0 bridgehead atoms. The summed E-state index contributed by atoms with van der Waals surface area (Å²) in [6.45, 7) is 3.73. The van der Waals surface area contributed by atoms with Gasteiger partial charge in [-0.25, -0.2) is 0 Å². The van der Waals surface area contributed by atoms with E-state index in [1.54, 1.807) is 4.90 Å². The summed E-state index contributed by atoms with van der Waals surface area (Å²) in [7, 11) is 0. The first-order valence-electron chi connectivity index (χ1n) is 6.88. The van der Waals surface area contributed by atoms with E-state index in [0.29, 0.717) is 32.7 Å². The zero-order valence-corrected chi connectivity index (χ0v) is 11.6. The molecule has 1 saturated heterocycles. The molecule has 0 aromatic carbocycles. The second kappa shape index (κ2) is 8.87. The molecular weight excluding hydrogens is 248 g/mol. The highest BCUT2D eigenvalue weighted by Crippen LogP contribution is 2.09. The second-order valence-corrected chi connectivity index (χ2v) is 4.81. The Morgan fingerprint density at radius 2 is 2.16 bits per heavy atom. The molecular formula is C13H24N2O4. The molecule has 1 atom stereocenters. The summed E-state index contributed by atoms with van der Waals surface area (Å²) in [5.41, 5.74) is 0. The number of aliphatic hydroxyl groups is 1. The van der Waals surface area contributed by atoms with E-state index in [2.05, 4.69) is 5.32 Å². The van der Waals surface area contributed by atoms with Crippen LogP contribution in [0.25, 0.3) is 0 Å². The van der Waals surface area contributed by atoms with Crippen LogP contribution in [0.3, 0.4) is 0 Å². The molecule has 0 spiro atoms. The van der Waals surface area contributed by atoms with E-state index in [1.165, 1.54) is 6.92 Å². The maximum atomic E-state index is 11.9. The minimum Gasteiger partial charge on any atom is -0.394 e. The van der Waals surface area contributed by atoms with E-state index < -0.39 is 0 Å². The summed E-state index contributed by atoms with van der Waals surface area (Å²) in [5, 5.41) is 11.7. The van der Waals surface area contributed by atoms with Crippen LogP contribution in [0.1, 0.15) is 32.6 Å². The summed E-state index contributed by atoms with van der Waals surface area (Å²) in [6, 6.07) is 0. The van der Waals surface area contributed by atoms with E-state index in [-0.39, 0.29) is 24.5 Å². The molecule has 1 fully saturated rings. The zero-order valence-electron chi connectivity index (χ0n) is 11.6. The van der Waals surface area contributed by atoms with E-state index in [9.17, 15) is 9.59 Å². The Hall–Kier alpha value is -1.14. The summed E-state index contributed by atoms with van der Waals surface area (Å²) < 4.78 is 5.30. The number of carbonyl (C=O) groups is 2. The number of carbonyl (C=O) groups excluding carboxylic acids is 2. The number of amides is 2. The summed E-state index contributed by atoms with van der Waals surface area (Å²) in [5.74, 6) is 0.112. The quantitative estimate of drug-likeness (QED) is 0.635. The maximum absolute atomic E-state index is 11.9. The van der Waals surface area contributed by atoms with E-state index in [4.69, 9.17) is 9.84 Å². The fourth-order valence-electron chi connectivity index (χ4n) is 2.06. The minimum atomic E-state index is -0.238. The molecule has 0 aliphatic carbocycles. The Labute approximate surface area is 114 Å². The number of aliphatic hydroxyl groups excluding tert-OH is 1. The van der Waals surface area contributed by atoms with Crippen LogP contribution in [0.2, 0.25) is 0 Å². The molecule has 6 heteroatoms. The molecule has 0 aromatic heterocycles. The topological polar surface area (TPSA) is 78.9 Å². The fourth-order valence-corrected chi connectivity index (χ4v) is 2.06. The van der Waals surface area contributed by atoms with Gasteiger partial charge >= 0.3 is 0 Å². The fraction of sp³-hybridized carbons (Fsp3) is 0.846. The highest BCUT2D eigenvalue weighted by molar-refractivity contribution is 5.76. The highest BCUT2D eigenvalue weighted by atomic mass is 16.5. The van der Waals surface area contributed by atoms with Crippen molar-refractivity contribution in [2.45, 2.75) is 38.7 Å². The molecule has 2 N–H and O–H groups in total. The Morgan fingerprint density at radius 3 is 2.84 bits per heavy atom. The van der Waals surface area contributed by atoms with Gasteiger partial charge in [-0.3, -0.25) is 9.59 Å². The number of hydrogen-bond donors (Lipinski definition) is 2. The van der Waals surface area contributed by atoms with Gasteiger partial charge in [0, 0.05) is 33.0 Å². The average Bonchev–Trinajstić information content (AvgIpc) is 2.42. The van der Waals surface area contributed by atoms with Gasteiger partial charge in [0.05, 0.1) is 19.3 Å². The molecule has 1 unspecified atom stereocenters. The first-order valence-corrected chi connectivity index (χ1v) is 6.88. The molecule has 0 radical (unpaired) electrons. The Kier molecular flexibility index (Phi) is 7.43. The lowest BCUT2D eigenvalue weighted by Crippen LogP contribution is -2.46. The van der Waals surface area contributed by atoms with Crippen LogP contribution in [0.15, 0.2) is 0 Å². The monoisotopic (exact) mass is 272 g/mol. The van der Waals surface area contributed by atoms with Crippen molar-refractivity contribution in [3.63, 3.8) is 0 Å².